The summed E-state index contributed by atoms with van der Waals surface area (Å²) in [5, 5.41) is 7.17. The minimum atomic E-state index is -0.219. The maximum atomic E-state index is 12.6. The van der Waals surface area contributed by atoms with Crippen LogP contribution in [0.1, 0.15) is 18.4 Å². The van der Waals surface area contributed by atoms with Gasteiger partial charge in [0.25, 0.3) is 0 Å². The van der Waals surface area contributed by atoms with Crippen LogP contribution in [0.3, 0.4) is 0 Å². The highest BCUT2D eigenvalue weighted by molar-refractivity contribution is 6.30. The van der Waals surface area contributed by atoms with Crippen molar-refractivity contribution in [3.05, 3.63) is 47.2 Å². The first-order chi connectivity index (χ1) is 12.2. The Hall–Kier alpha value is -2.34. The van der Waals surface area contributed by atoms with Crippen LogP contribution in [0.25, 0.3) is 0 Å². The van der Waals surface area contributed by atoms with Gasteiger partial charge in [-0.05, 0) is 42.7 Å². The molecule has 130 valence electrons. The topological polar surface area (TPSA) is 70.2 Å². The normalized spacial score (nSPS) is 20.0. The van der Waals surface area contributed by atoms with Crippen molar-refractivity contribution in [3.8, 4) is 0 Å². The van der Waals surface area contributed by atoms with Gasteiger partial charge in [0.05, 0.1) is 0 Å². The molecule has 2 aromatic rings. The standard InChI is InChI=1S/C18H20ClN5O/c19-13-2-3-15-12(10-13)11-16(23-15)17(25)22-14-4-8-24(9-5-14)18-20-6-1-7-21-18/h1-3,6-7,10,14,16,23H,4-5,8-9,11H2,(H,22,25)/t16-/m1/s1. The summed E-state index contributed by atoms with van der Waals surface area (Å²) in [5.41, 5.74) is 2.10. The lowest BCUT2D eigenvalue weighted by Crippen LogP contribution is -2.49. The second-order valence-corrected chi connectivity index (χ2v) is 6.96. The molecule has 6 nitrogen and oxygen atoms in total. The summed E-state index contributed by atoms with van der Waals surface area (Å²) in [5.74, 6) is 0.818. The Morgan fingerprint density at radius 2 is 2.00 bits per heavy atom. The van der Waals surface area contributed by atoms with E-state index in [-0.39, 0.29) is 18.0 Å². The van der Waals surface area contributed by atoms with Crippen molar-refractivity contribution in [2.24, 2.45) is 0 Å². The van der Waals surface area contributed by atoms with Gasteiger partial charge in [-0.15, -0.1) is 0 Å². The highest BCUT2D eigenvalue weighted by Gasteiger charge is 2.29. The first-order valence-electron chi connectivity index (χ1n) is 8.56. The van der Waals surface area contributed by atoms with Crippen LogP contribution in [0, 0.1) is 0 Å². The summed E-state index contributed by atoms with van der Waals surface area (Å²) < 4.78 is 0. The quantitative estimate of drug-likeness (QED) is 0.881. The fourth-order valence-electron chi connectivity index (χ4n) is 3.47. The summed E-state index contributed by atoms with van der Waals surface area (Å²) in [6, 6.07) is 7.50. The zero-order valence-electron chi connectivity index (χ0n) is 13.8. The van der Waals surface area contributed by atoms with Crippen molar-refractivity contribution in [3.63, 3.8) is 0 Å². The molecule has 0 bridgehead atoms. The third-order valence-electron chi connectivity index (χ3n) is 4.81. The van der Waals surface area contributed by atoms with E-state index >= 15 is 0 Å². The molecule has 0 unspecified atom stereocenters. The third-order valence-corrected chi connectivity index (χ3v) is 5.05. The second kappa shape index (κ2) is 6.88. The van der Waals surface area contributed by atoms with Gasteiger partial charge in [0.2, 0.25) is 11.9 Å². The molecule has 1 atom stereocenters. The number of fused-ring (bicyclic) bond motifs is 1. The molecule has 2 N–H and O–H groups in total. The van der Waals surface area contributed by atoms with E-state index in [0.717, 1.165) is 43.1 Å². The number of hydrogen-bond acceptors (Lipinski definition) is 5. The SMILES string of the molecule is O=C(NC1CCN(c2ncccn2)CC1)[C@H]1Cc2cc(Cl)ccc2N1. The average molecular weight is 358 g/mol. The van der Waals surface area contributed by atoms with Crippen molar-refractivity contribution >= 4 is 29.1 Å². The van der Waals surface area contributed by atoms with Crippen LogP contribution in [-0.2, 0) is 11.2 Å². The van der Waals surface area contributed by atoms with Gasteiger partial charge in [-0.25, -0.2) is 9.97 Å². The first kappa shape index (κ1) is 16.1. The number of aromatic nitrogens is 2. The molecule has 7 heteroatoms. The molecule has 2 aliphatic rings. The highest BCUT2D eigenvalue weighted by atomic mass is 35.5. The van der Waals surface area contributed by atoms with Gasteiger partial charge in [0.15, 0.2) is 0 Å². The fourth-order valence-corrected chi connectivity index (χ4v) is 3.66. The Kier molecular flexibility index (Phi) is 4.44. The number of nitrogens with one attached hydrogen (secondary N) is 2. The molecule has 4 rings (SSSR count). The molecule has 2 aliphatic heterocycles. The first-order valence-corrected chi connectivity index (χ1v) is 8.94. The van der Waals surface area contributed by atoms with Gasteiger partial charge in [-0.1, -0.05) is 11.6 Å². The Labute approximate surface area is 151 Å². The van der Waals surface area contributed by atoms with E-state index in [2.05, 4.69) is 25.5 Å². The molecule has 0 aliphatic carbocycles. The third kappa shape index (κ3) is 3.54. The minimum Gasteiger partial charge on any atom is -0.373 e. The Morgan fingerprint density at radius 3 is 2.76 bits per heavy atom. The lowest BCUT2D eigenvalue weighted by Gasteiger charge is -2.32. The zero-order valence-corrected chi connectivity index (χ0v) is 14.5. The maximum absolute atomic E-state index is 12.6. The van der Waals surface area contributed by atoms with Crippen LogP contribution in [0.2, 0.25) is 5.02 Å². The molecule has 1 aromatic carbocycles. The number of carbonyl (C=O) groups is 1. The van der Waals surface area contributed by atoms with Crippen LogP contribution in [0.15, 0.2) is 36.7 Å². The predicted molar refractivity (Wildman–Crippen MR) is 98.0 cm³/mol. The summed E-state index contributed by atoms with van der Waals surface area (Å²) in [7, 11) is 0. The Bertz CT molecular complexity index is 761. The van der Waals surface area contributed by atoms with E-state index in [1.54, 1.807) is 12.4 Å². The number of nitrogens with zero attached hydrogens (tertiary/aromatic N) is 3. The van der Waals surface area contributed by atoms with Gasteiger partial charge in [-0.3, -0.25) is 4.79 Å². The summed E-state index contributed by atoms with van der Waals surface area (Å²) in [6.45, 7) is 1.70. The van der Waals surface area contributed by atoms with E-state index in [0.29, 0.717) is 11.4 Å². The number of piperidine rings is 1. The van der Waals surface area contributed by atoms with Gasteiger partial charge in [-0.2, -0.15) is 0 Å². The Balaban J connectivity index is 1.30. The van der Waals surface area contributed by atoms with Gasteiger partial charge < -0.3 is 15.5 Å². The lowest BCUT2D eigenvalue weighted by atomic mass is 10.0. The summed E-state index contributed by atoms with van der Waals surface area (Å²) >= 11 is 6.03. The Morgan fingerprint density at radius 1 is 1.24 bits per heavy atom. The van der Waals surface area contributed by atoms with Crippen LogP contribution >= 0.6 is 11.6 Å². The van der Waals surface area contributed by atoms with Gasteiger partial charge >= 0.3 is 0 Å². The molecular weight excluding hydrogens is 338 g/mol. The van der Waals surface area contributed by atoms with Crippen molar-refractivity contribution < 1.29 is 4.79 Å². The zero-order chi connectivity index (χ0) is 17.2. The molecule has 25 heavy (non-hydrogen) atoms. The van der Waals surface area contributed by atoms with Crippen LogP contribution in [-0.4, -0.2) is 41.0 Å². The summed E-state index contributed by atoms with van der Waals surface area (Å²) in [4.78, 5) is 23.3. The molecule has 1 fully saturated rings. The number of carbonyl (C=O) groups excluding carboxylic acids is 1. The number of amides is 1. The molecule has 0 saturated carbocycles. The second-order valence-electron chi connectivity index (χ2n) is 6.52. The monoisotopic (exact) mass is 357 g/mol. The maximum Gasteiger partial charge on any atom is 0.243 e. The molecular formula is C18H20ClN5O. The number of rotatable bonds is 3. The van der Waals surface area contributed by atoms with E-state index in [1.165, 1.54) is 0 Å². The molecule has 0 radical (unpaired) electrons. The van der Waals surface area contributed by atoms with Crippen LogP contribution in [0.4, 0.5) is 11.6 Å². The average Bonchev–Trinajstić information content (AvgIpc) is 3.06. The van der Waals surface area contributed by atoms with Crippen LogP contribution in [0.5, 0.6) is 0 Å². The number of benzene rings is 1. The van der Waals surface area contributed by atoms with Gasteiger partial charge in [0, 0.05) is 48.7 Å². The van der Waals surface area contributed by atoms with E-state index in [9.17, 15) is 4.79 Å². The molecule has 0 spiro atoms. The molecule has 1 saturated heterocycles. The van der Waals surface area contributed by atoms with Crippen molar-refractivity contribution in [1.29, 1.82) is 0 Å². The molecule has 3 heterocycles. The van der Waals surface area contributed by atoms with Gasteiger partial charge in [0.1, 0.15) is 6.04 Å². The van der Waals surface area contributed by atoms with Crippen LogP contribution < -0.4 is 15.5 Å². The van der Waals surface area contributed by atoms with E-state index in [4.69, 9.17) is 11.6 Å². The van der Waals surface area contributed by atoms with Crippen molar-refractivity contribution in [2.45, 2.75) is 31.3 Å². The minimum absolute atomic E-state index is 0.0572. The van der Waals surface area contributed by atoms with E-state index < -0.39 is 0 Å². The number of halogens is 1. The summed E-state index contributed by atoms with van der Waals surface area (Å²) in [6.07, 6.45) is 5.99. The smallest absolute Gasteiger partial charge is 0.243 e. The largest absolute Gasteiger partial charge is 0.373 e. The number of hydrogen-bond donors (Lipinski definition) is 2. The lowest BCUT2D eigenvalue weighted by molar-refractivity contribution is -0.122. The highest BCUT2D eigenvalue weighted by Crippen LogP contribution is 2.28. The predicted octanol–water partition coefficient (Wildman–Crippen LogP) is 2.25. The van der Waals surface area contributed by atoms with Crippen molar-refractivity contribution in [1.82, 2.24) is 15.3 Å². The number of anilines is 2. The van der Waals surface area contributed by atoms with E-state index in [1.807, 2.05) is 24.3 Å². The molecule has 1 aromatic heterocycles. The van der Waals surface area contributed by atoms with Crippen molar-refractivity contribution in [2.75, 3.05) is 23.3 Å². The molecule has 1 amide bonds. The fraction of sp³-hybridized carbons (Fsp3) is 0.389.